The first-order valence-electron chi connectivity index (χ1n) is 10.5. The van der Waals surface area contributed by atoms with E-state index >= 15 is 0 Å². The molecular weight excluding hydrogens is 316 g/mol. The zero-order valence-corrected chi connectivity index (χ0v) is 16.4. The first kappa shape index (κ1) is 23.9. The summed E-state index contributed by atoms with van der Waals surface area (Å²) in [6.45, 7) is 2.73. The van der Waals surface area contributed by atoms with E-state index in [4.69, 9.17) is 9.84 Å². The van der Waals surface area contributed by atoms with Crippen LogP contribution in [0.5, 0.6) is 0 Å². The van der Waals surface area contributed by atoms with Crippen LogP contribution in [0.25, 0.3) is 0 Å². The number of rotatable bonds is 19. The van der Waals surface area contributed by atoms with Crippen molar-refractivity contribution >= 4 is 11.9 Å². The van der Waals surface area contributed by atoms with Gasteiger partial charge in [-0.15, -0.1) is 0 Å². The quantitative estimate of drug-likeness (QED) is 0.219. The number of hydrogen-bond donors (Lipinski definition) is 1. The first-order chi connectivity index (χ1) is 12.2. The molecule has 0 aromatic heterocycles. The third-order valence-corrected chi connectivity index (χ3v) is 4.53. The fourth-order valence-electron chi connectivity index (χ4n) is 2.92. The molecule has 0 saturated carbocycles. The second-order valence-electron chi connectivity index (χ2n) is 7.06. The Balaban J connectivity index is 3.09. The summed E-state index contributed by atoms with van der Waals surface area (Å²) in [6, 6.07) is 0. The molecule has 0 aliphatic heterocycles. The van der Waals surface area contributed by atoms with Crippen LogP contribution >= 0.6 is 0 Å². The molecule has 0 amide bonds. The van der Waals surface area contributed by atoms with Gasteiger partial charge in [0, 0.05) is 12.8 Å². The maximum Gasteiger partial charge on any atom is 0.305 e. The summed E-state index contributed by atoms with van der Waals surface area (Å²) in [5, 5.41) is 8.55. The van der Waals surface area contributed by atoms with E-state index < -0.39 is 5.97 Å². The van der Waals surface area contributed by atoms with Crippen molar-refractivity contribution in [3.63, 3.8) is 0 Å². The van der Waals surface area contributed by atoms with Gasteiger partial charge in [-0.2, -0.15) is 0 Å². The minimum Gasteiger partial charge on any atom is -0.481 e. The van der Waals surface area contributed by atoms with Crippen molar-refractivity contribution in [3.8, 4) is 0 Å². The molecule has 0 fully saturated rings. The van der Waals surface area contributed by atoms with E-state index in [1.807, 2.05) is 0 Å². The summed E-state index contributed by atoms with van der Waals surface area (Å²) in [4.78, 5) is 21.8. The standard InChI is InChI=1S/C21H40O4/c1-2-3-14-18-21(24)25-19-16-13-11-9-7-5-4-6-8-10-12-15-17-20(22)23/h2-19H2,1H3,(H,22,23). The van der Waals surface area contributed by atoms with Gasteiger partial charge in [-0.1, -0.05) is 84.0 Å². The molecule has 0 rings (SSSR count). The molecule has 0 aromatic carbocycles. The maximum absolute atomic E-state index is 11.4. The van der Waals surface area contributed by atoms with E-state index in [0.29, 0.717) is 19.4 Å². The molecule has 0 aromatic rings. The third kappa shape index (κ3) is 20.9. The van der Waals surface area contributed by atoms with E-state index in [-0.39, 0.29) is 5.97 Å². The van der Waals surface area contributed by atoms with Crippen molar-refractivity contribution in [2.45, 2.75) is 116 Å². The topological polar surface area (TPSA) is 63.6 Å². The zero-order valence-electron chi connectivity index (χ0n) is 16.4. The smallest absolute Gasteiger partial charge is 0.305 e. The molecule has 0 unspecified atom stereocenters. The summed E-state index contributed by atoms with van der Waals surface area (Å²) in [6.07, 6.45) is 18.2. The fraction of sp³-hybridized carbons (Fsp3) is 0.905. The molecule has 0 saturated heterocycles. The van der Waals surface area contributed by atoms with Gasteiger partial charge in [-0.05, 0) is 19.3 Å². The van der Waals surface area contributed by atoms with Crippen LogP contribution in [0.4, 0.5) is 0 Å². The molecule has 0 spiro atoms. The highest BCUT2D eigenvalue weighted by molar-refractivity contribution is 5.69. The molecule has 1 N–H and O–H groups in total. The highest BCUT2D eigenvalue weighted by Gasteiger charge is 2.01. The molecule has 148 valence electrons. The second kappa shape index (κ2) is 19.3. The van der Waals surface area contributed by atoms with Crippen LogP contribution in [-0.4, -0.2) is 23.7 Å². The van der Waals surface area contributed by atoms with Gasteiger partial charge in [0.15, 0.2) is 0 Å². The van der Waals surface area contributed by atoms with E-state index in [1.54, 1.807) is 0 Å². The number of ether oxygens (including phenoxy) is 1. The van der Waals surface area contributed by atoms with Gasteiger partial charge in [0.2, 0.25) is 0 Å². The van der Waals surface area contributed by atoms with Gasteiger partial charge in [0.05, 0.1) is 6.61 Å². The third-order valence-electron chi connectivity index (χ3n) is 4.53. The first-order valence-corrected chi connectivity index (χ1v) is 10.5. The van der Waals surface area contributed by atoms with E-state index in [2.05, 4.69) is 6.92 Å². The predicted octanol–water partition coefficient (Wildman–Crippen LogP) is 6.27. The van der Waals surface area contributed by atoms with Crippen molar-refractivity contribution < 1.29 is 19.4 Å². The number of carboxylic acid groups (broad SMARTS) is 1. The fourth-order valence-corrected chi connectivity index (χ4v) is 2.92. The number of hydrogen-bond acceptors (Lipinski definition) is 3. The van der Waals surface area contributed by atoms with Crippen LogP contribution in [0.2, 0.25) is 0 Å². The van der Waals surface area contributed by atoms with E-state index in [0.717, 1.165) is 44.9 Å². The van der Waals surface area contributed by atoms with E-state index in [1.165, 1.54) is 51.4 Å². The molecule has 0 atom stereocenters. The monoisotopic (exact) mass is 356 g/mol. The number of carbonyl (C=O) groups excluding carboxylic acids is 1. The molecular formula is C21H40O4. The van der Waals surface area contributed by atoms with Crippen molar-refractivity contribution in [3.05, 3.63) is 0 Å². The Kier molecular flexibility index (Phi) is 18.5. The highest BCUT2D eigenvalue weighted by atomic mass is 16.5. The predicted molar refractivity (Wildman–Crippen MR) is 103 cm³/mol. The Labute approximate surface area is 154 Å². The normalized spacial score (nSPS) is 10.8. The molecule has 4 heteroatoms. The minimum absolute atomic E-state index is 0.0311. The molecule has 0 aliphatic rings. The van der Waals surface area contributed by atoms with Crippen LogP contribution in [-0.2, 0) is 14.3 Å². The van der Waals surface area contributed by atoms with Crippen molar-refractivity contribution in [2.75, 3.05) is 6.61 Å². The Hall–Kier alpha value is -1.06. The minimum atomic E-state index is -0.676. The van der Waals surface area contributed by atoms with Crippen LogP contribution in [0.3, 0.4) is 0 Å². The lowest BCUT2D eigenvalue weighted by Crippen LogP contribution is -2.05. The van der Waals surface area contributed by atoms with Crippen LogP contribution in [0, 0.1) is 0 Å². The number of esters is 1. The van der Waals surface area contributed by atoms with Gasteiger partial charge in [-0.3, -0.25) is 9.59 Å². The van der Waals surface area contributed by atoms with Gasteiger partial charge in [0.1, 0.15) is 0 Å². The van der Waals surface area contributed by atoms with Gasteiger partial charge in [-0.25, -0.2) is 0 Å². The van der Waals surface area contributed by atoms with Gasteiger partial charge >= 0.3 is 11.9 Å². The SMILES string of the molecule is CCCCCC(=O)OCCCCCCCCCCCCCCC(=O)O. The lowest BCUT2D eigenvalue weighted by Gasteiger charge is -2.05. The lowest BCUT2D eigenvalue weighted by molar-refractivity contribution is -0.144. The number of unbranched alkanes of at least 4 members (excludes halogenated alkanes) is 13. The summed E-state index contributed by atoms with van der Waals surface area (Å²) in [7, 11) is 0. The Morgan fingerprint density at radius 3 is 1.56 bits per heavy atom. The summed E-state index contributed by atoms with van der Waals surface area (Å²) in [5.74, 6) is -0.707. The lowest BCUT2D eigenvalue weighted by atomic mass is 10.0. The number of carbonyl (C=O) groups is 2. The van der Waals surface area contributed by atoms with Crippen molar-refractivity contribution in [1.82, 2.24) is 0 Å². The van der Waals surface area contributed by atoms with Crippen molar-refractivity contribution in [1.29, 1.82) is 0 Å². The molecule has 0 aliphatic carbocycles. The second-order valence-corrected chi connectivity index (χ2v) is 7.06. The number of aliphatic carboxylic acids is 1. The summed E-state index contributed by atoms with van der Waals surface area (Å²) < 4.78 is 5.23. The summed E-state index contributed by atoms with van der Waals surface area (Å²) in [5.41, 5.74) is 0. The summed E-state index contributed by atoms with van der Waals surface area (Å²) >= 11 is 0. The molecule has 25 heavy (non-hydrogen) atoms. The maximum atomic E-state index is 11.4. The highest BCUT2D eigenvalue weighted by Crippen LogP contribution is 2.12. The molecule has 0 radical (unpaired) electrons. The Bertz CT molecular complexity index is 315. The zero-order chi connectivity index (χ0) is 18.6. The average molecular weight is 357 g/mol. The Morgan fingerprint density at radius 1 is 0.640 bits per heavy atom. The van der Waals surface area contributed by atoms with E-state index in [9.17, 15) is 9.59 Å². The van der Waals surface area contributed by atoms with Crippen molar-refractivity contribution in [2.24, 2.45) is 0 Å². The average Bonchev–Trinajstić information content (AvgIpc) is 2.58. The van der Waals surface area contributed by atoms with Gasteiger partial charge in [0.25, 0.3) is 0 Å². The number of carboxylic acids is 1. The van der Waals surface area contributed by atoms with Gasteiger partial charge < -0.3 is 9.84 Å². The molecule has 0 heterocycles. The molecule has 0 bridgehead atoms. The van der Waals surface area contributed by atoms with Crippen LogP contribution in [0.1, 0.15) is 116 Å². The van der Waals surface area contributed by atoms with Crippen LogP contribution < -0.4 is 0 Å². The Morgan fingerprint density at radius 2 is 1.08 bits per heavy atom. The van der Waals surface area contributed by atoms with Crippen LogP contribution in [0.15, 0.2) is 0 Å². The molecule has 4 nitrogen and oxygen atoms in total. The largest absolute Gasteiger partial charge is 0.481 e.